The number of rotatable bonds is 3. The third kappa shape index (κ3) is 2.68. The Morgan fingerprint density at radius 1 is 1.41 bits per heavy atom. The van der Waals surface area contributed by atoms with Crippen molar-refractivity contribution >= 4 is 0 Å². The maximum atomic E-state index is 10.6. The van der Waals surface area contributed by atoms with Crippen molar-refractivity contribution < 1.29 is 5.11 Å². The Hall–Kier alpha value is -0.890. The van der Waals surface area contributed by atoms with E-state index in [1.54, 1.807) is 6.20 Å². The normalized spacial score (nSPS) is 26.8. The molecule has 1 saturated carbocycles. The van der Waals surface area contributed by atoms with Crippen LogP contribution in [0.1, 0.15) is 56.4 Å². The first-order valence-corrected chi connectivity index (χ1v) is 6.83. The van der Waals surface area contributed by atoms with Crippen LogP contribution < -0.4 is 0 Å². The van der Waals surface area contributed by atoms with Crippen LogP contribution in [0.5, 0.6) is 0 Å². The van der Waals surface area contributed by atoms with E-state index >= 15 is 0 Å². The Kier molecular flexibility index (Phi) is 4.16. The zero-order chi connectivity index (χ0) is 12.3. The first-order chi connectivity index (χ1) is 8.24. The van der Waals surface area contributed by atoms with Gasteiger partial charge in [0.2, 0.25) is 0 Å². The first kappa shape index (κ1) is 12.6. The van der Waals surface area contributed by atoms with E-state index < -0.39 is 0 Å². The molecule has 2 heteroatoms. The molecule has 0 aromatic carbocycles. The van der Waals surface area contributed by atoms with Crippen LogP contribution in [0.3, 0.4) is 0 Å². The Morgan fingerprint density at radius 2 is 2.18 bits per heavy atom. The number of hydrogen-bond acceptors (Lipinski definition) is 2. The number of nitrogens with zero attached hydrogens (tertiary/aromatic N) is 1. The molecule has 3 atom stereocenters. The molecule has 3 unspecified atom stereocenters. The van der Waals surface area contributed by atoms with Crippen molar-refractivity contribution in [3.05, 3.63) is 29.6 Å². The summed E-state index contributed by atoms with van der Waals surface area (Å²) in [6.07, 6.45) is 7.58. The molecule has 0 bridgehead atoms. The minimum absolute atomic E-state index is 0.374. The maximum Gasteiger partial charge on any atom is 0.0993 e. The van der Waals surface area contributed by atoms with Crippen LogP contribution in [-0.2, 0) is 0 Å². The van der Waals surface area contributed by atoms with Gasteiger partial charge < -0.3 is 5.11 Å². The third-order valence-corrected chi connectivity index (χ3v) is 4.23. The van der Waals surface area contributed by atoms with Gasteiger partial charge in [-0.15, -0.1) is 0 Å². The number of hydrogen-bond donors (Lipinski definition) is 1. The summed E-state index contributed by atoms with van der Waals surface area (Å²) in [4.78, 5) is 4.37. The minimum Gasteiger partial charge on any atom is -0.386 e. The summed E-state index contributed by atoms with van der Waals surface area (Å²) in [6, 6.07) is 3.97. The van der Waals surface area contributed by atoms with Gasteiger partial charge in [0.15, 0.2) is 0 Å². The second kappa shape index (κ2) is 5.63. The van der Waals surface area contributed by atoms with E-state index in [0.717, 1.165) is 17.7 Å². The number of aromatic nitrogens is 1. The molecule has 1 aromatic rings. The molecule has 0 radical (unpaired) electrons. The molecule has 0 saturated heterocycles. The predicted octanol–water partition coefficient (Wildman–Crippen LogP) is 3.64. The summed E-state index contributed by atoms with van der Waals surface area (Å²) >= 11 is 0. The van der Waals surface area contributed by atoms with Crippen molar-refractivity contribution in [2.24, 2.45) is 11.8 Å². The molecule has 2 rings (SSSR count). The minimum atomic E-state index is -0.374. The highest BCUT2D eigenvalue weighted by molar-refractivity contribution is 5.20. The lowest BCUT2D eigenvalue weighted by molar-refractivity contribution is 0.0417. The summed E-state index contributed by atoms with van der Waals surface area (Å²) in [6.45, 7) is 4.27. The lowest BCUT2D eigenvalue weighted by atomic mass is 9.74. The zero-order valence-corrected chi connectivity index (χ0v) is 10.9. The largest absolute Gasteiger partial charge is 0.386 e. The SMILES string of the molecule is CCC1CCCCC1C(O)c1ncccc1C. The number of pyridine rings is 1. The molecule has 17 heavy (non-hydrogen) atoms. The summed E-state index contributed by atoms with van der Waals surface area (Å²) in [5.41, 5.74) is 2.00. The zero-order valence-electron chi connectivity index (χ0n) is 10.9. The lowest BCUT2D eigenvalue weighted by Crippen LogP contribution is -2.26. The highest BCUT2D eigenvalue weighted by atomic mass is 16.3. The summed E-state index contributed by atoms with van der Waals surface area (Å²) < 4.78 is 0. The van der Waals surface area contributed by atoms with Gasteiger partial charge in [-0.1, -0.05) is 38.7 Å². The van der Waals surface area contributed by atoms with Gasteiger partial charge in [0.05, 0.1) is 11.8 Å². The first-order valence-electron chi connectivity index (χ1n) is 6.83. The average molecular weight is 233 g/mol. The van der Waals surface area contributed by atoms with E-state index in [9.17, 15) is 5.11 Å². The van der Waals surface area contributed by atoms with E-state index in [2.05, 4.69) is 11.9 Å². The fourth-order valence-electron chi connectivity index (χ4n) is 3.17. The van der Waals surface area contributed by atoms with Crippen LogP contribution in [0.25, 0.3) is 0 Å². The Bertz CT molecular complexity index is 364. The molecule has 1 aliphatic rings. The fourth-order valence-corrected chi connectivity index (χ4v) is 3.17. The van der Waals surface area contributed by atoms with Crippen LogP contribution >= 0.6 is 0 Å². The Labute approximate surface area is 104 Å². The molecule has 94 valence electrons. The molecular formula is C15H23NO. The third-order valence-electron chi connectivity index (χ3n) is 4.23. The predicted molar refractivity (Wildman–Crippen MR) is 69.7 cm³/mol. The molecule has 0 spiro atoms. The molecule has 1 aromatic heterocycles. The number of aliphatic hydroxyl groups excluding tert-OH is 1. The second-order valence-electron chi connectivity index (χ2n) is 5.27. The molecule has 2 nitrogen and oxygen atoms in total. The van der Waals surface area contributed by atoms with Crippen LogP contribution in [0.4, 0.5) is 0 Å². The van der Waals surface area contributed by atoms with Gasteiger partial charge in [-0.2, -0.15) is 0 Å². The van der Waals surface area contributed by atoms with Gasteiger partial charge in [-0.05, 0) is 36.8 Å². The standard InChI is InChI=1S/C15H23NO/c1-3-12-8-4-5-9-13(12)15(17)14-11(2)7-6-10-16-14/h6-7,10,12-13,15,17H,3-5,8-9H2,1-2H3. The van der Waals surface area contributed by atoms with Crippen molar-refractivity contribution in [1.29, 1.82) is 0 Å². The highest BCUT2D eigenvalue weighted by Crippen LogP contribution is 2.40. The smallest absolute Gasteiger partial charge is 0.0993 e. The molecule has 1 fully saturated rings. The highest BCUT2D eigenvalue weighted by Gasteiger charge is 2.31. The quantitative estimate of drug-likeness (QED) is 0.864. The number of aliphatic hydroxyl groups is 1. The lowest BCUT2D eigenvalue weighted by Gasteiger charge is -2.34. The maximum absolute atomic E-state index is 10.6. The second-order valence-corrected chi connectivity index (χ2v) is 5.27. The van der Waals surface area contributed by atoms with Gasteiger partial charge in [0.25, 0.3) is 0 Å². The van der Waals surface area contributed by atoms with E-state index in [1.807, 2.05) is 19.1 Å². The topological polar surface area (TPSA) is 33.1 Å². The van der Waals surface area contributed by atoms with Crippen LogP contribution in [0.15, 0.2) is 18.3 Å². The Morgan fingerprint density at radius 3 is 2.88 bits per heavy atom. The summed E-state index contributed by atoms with van der Waals surface area (Å²) in [7, 11) is 0. The van der Waals surface area contributed by atoms with Crippen molar-refractivity contribution in [2.45, 2.75) is 52.1 Å². The molecule has 0 aliphatic heterocycles. The summed E-state index contributed by atoms with van der Waals surface area (Å²) in [5, 5.41) is 10.6. The van der Waals surface area contributed by atoms with Crippen LogP contribution in [0, 0.1) is 18.8 Å². The van der Waals surface area contributed by atoms with E-state index in [4.69, 9.17) is 0 Å². The average Bonchev–Trinajstić information content (AvgIpc) is 2.38. The van der Waals surface area contributed by atoms with Gasteiger partial charge >= 0.3 is 0 Å². The molecule has 1 aliphatic carbocycles. The Balaban J connectivity index is 2.18. The van der Waals surface area contributed by atoms with Gasteiger partial charge in [0.1, 0.15) is 0 Å². The fraction of sp³-hybridized carbons (Fsp3) is 0.667. The van der Waals surface area contributed by atoms with Crippen molar-refractivity contribution in [2.75, 3.05) is 0 Å². The summed E-state index contributed by atoms with van der Waals surface area (Å²) in [5.74, 6) is 1.07. The van der Waals surface area contributed by atoms with Gasteiger partial charge in [-0.25, -0.2) is 0 Å². The molecular weight excluding hydrogens is 210 g/mol. The molecule has 1 heterocycles. The van der Waals surface area contributed by atoms with Gasteiger partial charge in [0, 0.05) is 6.20 Å². The van der Waals surface area contributed by atoms with E-state index in [0.29, 0.717) is 11.8 Å². The number of aryl methyl sites for hydroxylation is 1. The molecule has 1 N–H and O–H groups in total. The monoisotopic (exact) mass is 233 g/mol. The van der Waals surface area contributed by atoms with Crippen LogP contribution in [-0.4, -0.2) is 10.1 Å². The van der Waals surface area contributed by atoms with Crippen molar-refractivity contribution in [3.63, 3.8) is 0 Å². The van der Waals surface area contributed by atoms with E-state index in [-0.39, 0.29) is 6.10 Å². The van der Waals surface area contributed by atoms with Crippen molar-refractivity contribution in [1.82, 2.24) is 4.98 Å². The van der Waals surface area contributed by atoms with Crippen molar-refractivity contribution in [3.8, 4) is 0 Å². The molecule has 0 amide bonds. The van der Waals surface area contributed by atoms with Crippen LogP contribution in [0.2, 0.25) is 0 Å². The van der Waals surface area contributed by atoms with E-state index in [1.165, 1.54) is 25.7 Å². The van der Waals surface area contributed by atoms with Gasteiger partial charge in [-0.3, -0.25) is 4.98 Å².